The summed E-state index contributed by atoms with van der Waals surface area (Å²) in [5.41, 5.74) is 2.31. The zero-order valence-corrected chi connectivity index (χ0v) is 12.2. The van der Waals surface area contributed by atoms with E-state index in [1.165, 1.54) is 15.3 Å². The van der Waals surface area contributed by atoms with Crippen molar-refractivity contribution in [2.45, 2.75) is 39.5 Å². The second-order valence-electron chi connectivity index (χ2n) is 4.27. The van der Waals surface area contributed by atoms with E-state index in [0.717, 1.165) is 23.5 Å². The van der Waals surface area contributed by atoms with Gasteiger partial charge in [0.1, 0.15) is 11.5 Å². The number of hydrogen-bond donors (Lipinski definition) is 0. The minimum Gasteiger partial charge on any atom is -0.466 e. The van der Waals surface area contributed by atoms with Crippen LogP contribution in [0.3, 0.4) is 0 Å². The molecule has 0 aliphatic heterocycles. The summed E-state index contributed by atoms with van der Waals surface area (Å²) >= 11 is 8.37. The van der Waals surface area contributed by atoms with Crippen LogP contribution in [0, 0.1) is 20.8 Å². The van der Waals surface area contributed by atoms with Crippen molar-refractivity contribution < 1.29 is 4.42 Å². The summed E-state index contributed by atoms with van der Waals surface area (Å²) in [4.78, 5) is 2.58. The van der Waals surface area contributed by atoms with Gasteiger partial charge in [0.2, 0.25) is 0 Å². The molecule has 0 aromatic carbocycles. The van der Waals surface area contributed by atoms with Crippen molar-refractivity contribution in [1.29, 1.82) is 0 Å². The molecule has 2 aromatic rings. The van der Waals surface area contributed by atoms with Crippen LogP contribution >= 0.6 is 22.9 Å². The van der Waals surface area contributed by atoms with Gasteiger partial charge in [-0.1, -0.05) is 6.92 Å². The summed E-state index contributed by atoms with van der Waals surface area (Å²) in [7, 11) is 0. The Kier molecular flexibility index (Phi) is 3.64. The van der Waals surface area contributed by atoms with Gasteiger partial charge in [-0.3, -0.25) is 0 Å². The highest BCUT2D eigenvalue weighted by Crippen LogP contribution is 2.38. The maximum atomic E-state index is 6.58. The number of furan rings is 1. The molecule has 0 N–H and O–H groups in total. The summed E-state index contributed by atoms with van der Waals surface area (Å²) < 4.78 is 5.64. The molecule has 0 saturated heterocycles. The Hall–Kier alpha value is -0.730. The van der Waals surface area contributed by atoms with E-state index in [9.17, 15) is 0 Å². The number of halogens is 1. The van der Waals surface area contributed by atoms with Crippen molar-refractivity contribution in [1.82, 2.24) is 0 Å². The van der Waals surface area contributed by atoms with Gasteiger partial charge in [0.25, 0.3) is 0 Å². The third-order valence-electron chi connectivity index (χ3n) is 3.15. The largest absolute Gasteiger partial charge is 0.466 e. The fraction of sp³-hybridized carbons (Fsp3) is 0.429. The lowest BCUT2D eigenvalue weighted by Crippen LogP contribution is -1.93. The first-order chi connectivity index (χ1) is 8.04. The molecule has 0 amide bonds. The third kappa shape index (κ3) is 2.29. The summed E-state index contributed by atoms with van der Waals surface area (Å²) in [5, 5.41) is -0.0854. The molecule has 1 nitrogen and oxygen atoms in total. The topological polar surface area (TPSA) is 13.1 Å². The molecule has 0 aliphatic carbocycles. The predicted octanol–water partition coefficient (Wildman–Crippen LogP) is 5.16. The van der Waals surface area contributed by atoms with Gasteiger partial charge in [-0.15, -0.1) is 22.9 Å². The van der Waals surface area contributed by atoms with E-state index in [0.29, 0.717) is 0 Å². The minimum atomic E-state index is -0.0854. The van der Waals surface area contributed by atoms with Gasteiger partial charge < -0.3 is 4.42 Å². The van der Waals surface area contributed by atoms with E-state index >= 15 is 0 Å². The maximum absolute atomic E-state index is 6.58. The summed E-state index contributed by atoms with van der Waals surface area (Å²) in [6.07, 6.45) is 1.07. The van der Waals surface area contributed by atoms with Gasteiger partial charge in [-0.05, 0) is 44.9 Å². The van der Waals surface area contributed by atoms with Crippen LogP contribution in [0.4, 0.5) is 0 Å². The molecule has 2 heterocycles. The highest BCUT2D eigenvalue weighted by molar-refractivity contribution is 7.12. The van der Waals surface area contributed by atoms with Gasteiger partial charge in [0, 0.05) is 15.3 Å². The minimum absolute atomic E-state index is 0.0854. The Bertz CT molecular complexity index is 524. The molecule has 0 fully saturated rings. The quantitative estimate of drug-likeness (QED) is 0.701. The molecule has 92 valence electrons. The molecule has 1 atom stereocenters. The van der Waals surface area contributed by atoms with Gasteiger partial charge in [0.15, 0.2) is 0 Å². The van der Waals surface area contributed by atoms with Crippen LogP contribution in [0.5, 0.6) is 0 Å². The molecule has 0 spiro atoms. The second-order valence-corrected chi connectivity index (χ2v) is 5.91. The molecule has 2 rings (SSSR count). The molecule has 0 aliphatic rings. The number of thiophene rings is 1. The smallest absolute Gasteiger partial charge is 0.106 e. The first kappa shape index (κ1) is 12.7. The Morgan fingerprint density at radius 2 is 1.94 bits per heavy atom. The summed E-state index contributed by atoms with van der Waals surface area (Å²) in [6.45, 7) is 8.21. The number of hydrogen-bond acceptors (Lipinski definition) is 2. The Morgan fingerprint density at radius 1 is 1.24 bits per heavy atom. The van der Waals surface area contributed by atoms with Crippen molar-refractivity contribution in [3.05, 3.63) is 44.5 Å². The Morgan fingerprint density at radius 3 is 2.41 bits per heavy atom. The van der Waals surface area contributed by atoms with Crippen LogP contribution < -0.4 is 0 Å². The lowest BCUT2D eigenvalue weighted by Gasteiger charge is -2.07. The van der Waals surface area contributed by atoms with E-state index in [-0.39, 0.29) is 5.38 Å². The van der Waals surface area contributed by atoms with E-state index in [4.69, 9.17) is 16.0 Å². The summed E-state index contributed by atoms with van der Waals surface area (Å²) in [6, 6.07) is 4.29. The monoisotopic (exact) mass is 268 g/mol. The van der Waals surface area contributed by atoms with E-state index in [1.54, 1.807) is 11.3 Å². The molecular weight excluding hydrogens is 252 g/mol. The van der Waals surface area contributed by atoms with Crippen LogP contribution in [0.1, 0.15) is 44.7 Å². The molecule has 2 aromatic heterocycles. The second kappa shape index (κ2) is 4.87. The standard InChI is InChI=1S/C14H17ClOS/c1-5-11-6-7-12(17-11)14(15)13-8(2)9(3)16-10(13)4/h6-7,14H,5H2,1-4H3. The van der Waals surface area contributed by atoms with Gasteiger partial charge in [0.05, 0.1) is 5.38 Å². The first-order valence-corrected chi connectivity index (χ1v) is 7.09. The fourth-order valence-electron chi connectivity index (χ4n) is 2.05. The van der Waals surface area contributed by atoms with Crippen molar-refractivity contribution in [2.24, 2.45) is 0 Å². The lowest BCUT2D eigenvalue weighted by molar-refractivity contribution is 0.500. The molecule has 0 bridgehead atoms. The number of aryl methyl sites for hydroxylation is 3. The van der Waals surface area contributed by atoms with Gasteiger partial charge >= 0.3 is 0 Å². The van der Waals surface area contributed by atoms with Crippen LogP contribution in [-0.2, 0) is 6.42 Å². The molecular formula is C14H17ClOS. The lowest BCUT2D eigenvalue weighted by atomic mass is 10.1. The molecule has 0 saturated carbocycles. The highest BCUT2D eigenvalue weighted by Gasteiger charge is 2.21. The first-order valence-electron chi connectivity index (χ1n) is 5.83. The predicted molar refractivity (Wildman–Crippen MR) is 74.3 cm³/mol. The van der Waals surface area contributed by atoms with Gasteiger partial charge in [-0.25, -0.2) is 0 Å². The van der Waals surface area contributed by atoms with Crippen LogP contribution in [0.2, 0.25) is 0 Å². The van der Waals surface area contributed by atoms with Crippen molar-refractivity contribution in [3.63, 3.8) is 0 Å². The average molecular weight is 269 g/mol. The zero-order chi connectivity index (χ0) is 12.6. The average Bonchev–Trinajstić information content (AvgIpc) is 2.85. The van der Waals surface area contributed by atoms with E-state index in [2.05, 4.69) is 26.0 Å². The van der Waals surface area contributed by atoms with Gasteiger partial charge in [-0.2, -0.15) is 0 Å². The van der Waals surface area contributed by atoms with Crippen LogP contribution in [0.25, 0.3) is 0 Å². The fourth-order valence-corrected chi connectivity index (χ4v) is 3.51. The molecule has 0 radical (unpaired) electrons. The number of alkyl halides is 1. The molecule has 1 unspecified atom stereocenters. The zero-order valence-electron chi connectivity index (χ0n) is 10.6. The highest BCUT2D eigenvalue weighted by atomic mass is 35.5. The van der Waals surface area contributed by atoms with Crippen molar-refractivity contribution in [2.75, 3.05) is 0 Å². The van der Waals surface area contributed by atoms with Crippen LogP contribution in [0.15, 0.2) is 16.5 Å². The summed E-state index contributed by atoms with van der Waals surface area (Å²) in [5.74, 6) is 1.90. The van der Waals surface area contributed by atoms with Crippen LogP contribution in [-0.4, -0.2) is 0 Å². The van der Waals surface area contributed by atoms with E-state index in [1.807, 2.05) is 13.8 Å². The maximum Gasteiger partial charge on any atom is 0.106 e. The van der Waals surface area contributed by atoms with Crippen molar-refractivity contribution >= 4 is 22.9 Å². The molecule has 17 heavy (non-hydrogen) atoms. The normalized spacial score (nSPS) is 13.0. The van der Waals surface area contributed by atoms with E-state index < -0.39 is 0 Å². The molecule has 3 heteroatoms. The Balaban J connectivity index is 2.39. The van der Waals surface area contributed by atoms with Crippen molar-refractivity contribution in [3.8, 4) is 0 Å². The SMILES string of the molecule is CCc1ccc(C(Cl)c2c(C)oc(C)c2C)s1. The number of rotatable bonds is 3. The Labute approximate surface area is 111 Å². The third-order valence-corrected chi connectivity index (χ3v) is 5.03.